The number of rotatable bonds is 6. The molecule has 144 valence electrons. The summed E-state index contributed by atoms with van der Waals surface area (Å²) in [6.07, 6.45) is 4.00. The molecule has 0 bridgehead atoms. The molecule has 0 aliphatic carbocycles. The zero-order valence-corrected chi connectivity index (χ0v) is 15.8. The summed E-state index contributed by atoms with van der Waals surface area (Å²) in [6.45, 7) is 4.02. The van der Waals surface area contributed by atoms with Crippen LogP contribution in [0.1, 0.15) is 18.4 Å². The van der Waals surface area contributed by atoms with E-state index >= 15 is 0 Å². The average Bonchev–Trinajstić information content (AvgIpc) is 2.74. The van der Waals surface area contributed by atoms with E-state index in [4.69, 9.17) is 0 Å². The number of anilines is 1. The van der Waals surface area contributed by atoms with Crippen LogP contribution < -0.4 is 5.32 Å². The molecule has 6 heteroatoms. The maximum absolute atomic E-state index is 13.1. The number of piperidine rings is 1. The van der Waals surface area contributed by atoms with E-state index in [0.29, 0.717) is 17.6 Å². The quantitative estimate of drug-likeness (QED) is 0.704. The van der Waals surface area contributed by atoms with E-state index in [2.05, 4.69) is 55.7 Å². The lowest BCUT2D eigenvalue weighted by molar-refractivity contribution is 0.173. The molecule has 0 saturated carbocycles. The minimum Gasteiger partial charge on any atom is -0.353 e. The van der Waals surface area contributed by atoms with Crippen molar-refractivity contribution in [3.05, 3.63) is 72.2 Å². The summed E-state index contributed by atoms with van der Waals surface area (Å²) >= 11 is 0. The molecule has 1 atom stereocenters. The molecule has 4 rings (SSSR count). The third-order valence-corrected chi connectivity index (χ3v) is 5.10. The maximum atomic E-state index is 13.1. The standard InChI is InChI=1S/C22H24FN5/c23-20-10-8-19(9-11-20)21-14-25-27-22(26-21)24-13-18-7-4-12-28(16-18)15-17-5-2-1-3-6-17/h1-3,5-6,8-11,14,18H,4,7,12-13,15-16H2,(H,24,26,27)/t18-/m0/s1. The first-order valence-electron chi connectivity index (χ1n) is 9.72. The van der Waals surface area contributed by atoms with Crippen LogP contribution in [0.15, 0.2) is 60.8 Å². The summed E-state index contributed by atoms with van der Waals surface area (Å²) in [6, 6.07) is 16.9. The van der Waals surface area contributed by atoms with Gasteiger partial charge in [-0.2, -0.15) is 5.10 Å². The number of nitrogens with zero attached hydrogens (tertiary/aromatic N) is 4. The first-order chi connectivity index (χ1) is 13.8. The van der Waals surface area contributed by atoms with Crippen LogP contribution in [0, 0.1) is 11.7 Å². The topological polar surface area (TPSA) is 53.9 Å². The lowest BCUT2D eigenvalue weighted by atomic mass is 9.97. The van der Waals surface area contributed by atoms with E-state index in [1.807, 2.05) is 0 Å². The van der Waals surface area contributed by atoms with Crippen LogP contribution in [0.2, 0.25) is 0 Å². The van der Waals surface area contributed by atoms with Crippen LogP contribution in [-0.2, 0) is 6.54 Å². The third-order valence-electron chi connectivity index (χ3n) is 5.10. The molecule has 1 N–H and O–H groups in total. The second-order valence-corrected chi connectivity index (χ2v) is 7.28. The second kappa shape index (κ2) is 8.89. The molecule has 1 saturated heterocycles. The number of nitrogens with one attached hydrogen (secondary N) is 1. The van der Waals surface area contributed by atoms with Crippen LogP contribution in [-0.4, -0.2) is 39.7 Å². The molecule has 1 fully saturated rings. The van der Waals surface area contributed by atoms with E-state index in [1.165, 1.54) is 30.5 Å². The van der Waals surface area contributed by atoms with Gasteiger partial charge in [0.25, 0.3) is 0 Å². The van der Waals surface area contributed by atoms with E-state index in [-0.39, 0.29) is 5.82 Å². The molecule has 2 aromatic carbocycles. The number of likely N-dealkylation sites (tertiary alicyclic amines) is 1. The number of aromatic nitrogens is 3. The molecule has 3 aromatic rings. The van der Waals surface area contributed by atoms with Gasteiger partial charge in [-0.15, -0.1) is 5.10 Å². The Morgan fingerprint density at radius 3 is 2.71 bits per heavy atom. The monoisotopic (exact) mass is 377 g/mol. The van der Waals surface area contributed by atoms with E-state index in [1.54, 1.807) is 18.3 Å². The molecular weight excluding hydrogens is 353 g/mol. The Balaban J connectivity index is 1.34. The molecule has 0 unspecified atom stereocenters. The Labute approximate surface area is 164 Å². The Hall–Kier alpha value is -2.86. The summed E-state index contributed by atoms with van der Waals surface area (Å²) in [5.41, 5.74) is 2.87. The number of hydrogen-bond donors (Lipinski definition) is 1. The normalized spacial score (nSPS) is 17.4. The van der Waals surface area contributed by atoms with Gasteiger partial charge < -0.3 is 5.32 Å². The molecule has 0 radical (unpaired) electrons. The molecular formula is C22H24FN5. The summed E-state index contributed by atoms with van der Waals surface area (Å²) in [4.78, 5) is 7.04. The van der Waals surface area contributed by atoms with Crippen LogP contribution in [0.3, 0.4) is 0 Å². The van der Waals surface area contributed by atoms with E-state index in [0.717, 1.165) is 31.7 Å². The van der Waals surface area contributed by atoms with Gasteiger partial charge in [0.2, 0.25) is 5.95 Å². The fraction of sp³-hybridized carbons (Fsp3) is 0.318. The first kappa shape index (κ1) is 18.5. The van der Waals surface area contributed by atoms with Crippen LogP contribution in [0.25, 0.3) is 11.3 Å². The SMILES string of the molecule is Fc1ccc(-c2cnnc(NC[C@@H]3CCCN(Cc4ccccc4)C3)n2)cc1. The Bertz CT molecular complexity index is 885. The fourth-order valence-corrected chi connectivity index (χ4v) is 3.68. The van der Waals surface area contributed by atoms with Gasteiger partial charge in [-0.3, -0.25) is 4.90 Å². The largest absolute Gasteiger partial charge is 0.353 e. The van der Waals surface area contributed by atoms with Crippen molar-refractivity contribution in [1.29, 1.82) is 0 Å². The van der Waals surface area contributed by atoms with Crippen LogP contribution in [0.5, 0.6) is 0 Å². The van der Waals surface area contributed by atoms with Gasteiger partial charge in [0.15, 0.2) is 0 Å². The molecule has 0 amide bonds. The maximum Gasteiger partial charge on any atom is 0.243 e. The highest BCUT2D eigenvalue weighted by Gasteiger charge is 2.20. The van der Waals surface area contributed by atoms with Crippen molar-refractivity contribution >= 4 is 5.95 Å². The number of halogens is 1. The Morgan fingerprint density at radius 1 is 1.07 bits per heavy atom. The summed E-state index contributed by atoms with van der Waals surface area (Å²) in [5, 5.41) is 11.5. The Kier molecular flexibility index (Phi) is 5.87. The molecule has 2 heterocycles. The van der Waals surface area contributed by atoms with Crippen molar-refractivity contribution in [2.75, 3.05) is 25.0 Å². The minimum atomic E-state index is -0.263. The minimum absolute atomic E-state index is 0.263. The lowest BCUT2D eigenvalue weighted by Gasteiger charge is -2.32. The predicted molar refractivity (Wildman–Crippen MR) is 108 cm³/mol. The zero-order valence-electron chi connectivity index (χ0n) is 15.8. The van der Waals surface area contributed by atoms with Crippen molar-refractivity contribution in [2.24, 2.45) is 5.92 Å². The Morgan fingerprint density at radius 2 is 1.89 bits per heavy atom. The predicted octanol–water partition coefficient (Wildman–Crippen LogP) is 4.00. The van der Waals surface area contributed by atoms with Crippen LogP contribution >= 0.6 is 0 Å². The molecule has 1 aliphatic rings. The smallest absolute Gasteiger partial charge is 0.243 e. The first-order valence-corrected chi connectivity index (χ1v) is 9.72. The van der Waals surface area contributed by atoms with Gasteiger partial charge in [0, 0.05) is 25.2 Å². The van der Waals surface area contributed by atoms with E-state index in [9.17, 15) is 4.39 Å². The average molecular weight is 377 g/mol. The molecule has 1 aliphatic heterocycles. The van der Waals surface area contributed by atoms with Crippen molar-refractivity contribution in [2.45, 2.75) is 19.4 Å². The highest BCUT2D eigenvalue weighted by molar-refractivity contribution is 5.58. The summed E-state index contributed by atoms with van der Waals surface area (Å²) in [5.74, 6) is 0.805. The van der Waals surface area contributed by atoms with Crippen LogP contribution in [0.4, 0.5) is 10.3 Å². The van der Waals surface area contributed by atoms with Gasteiger partial charge >= 0.3 is 0 Å². The highest BCUT2D eigenvalue weighted by atomic mass is 19.1. The molecule has 5 nitrogen and oxygen atoms in total. The van der Waals surface area contributed by atoms with Crippen molar-refractivity contribution in [1.82, 2.24) is 20.1 Å². The summed E-state index contributed by atoms with van der Waals surface area (Å²) < 4.78 is 13.1. The number of hydrogen-bond acceptors (Lipinski definition) is 5. The molecule has 28 heavy (non-hydrogen) atoms. The lowest BCUT2D eigenvalue weighted by Crippen LogP contribution is -2.37. The van der Waals surface area contributed by atoms with Crippen molar-refractivity contribution < 1.29 is 4.39 Å². The van der Waals surface area contributed by atoms with E-state index < -0.39 is 0 Å². The highest BCUT2D eigenvalue weighted by Crippen LogP contribution is 2.20. The van der Waals surface area contributed by atoms with Gasteiger partial charge in [-0.25, -0.2) is 9.37 Å². The third kappa shape index (κ3) is 4.89. The van der Waals surface area contributed by atoms with Gasteiger partial charge in [-0.1, -0.05) is 30.3 Å². The zero-order chi connectivity index (χ0) is 19.2. The molecule has 1 aromatic heterocycles. The number of benzene rings is 2. The fourth-order valence-electron chi connectivity index (χ4n) is 3.68. The van der Waals surface area contributed by atoms with Crippen molar-refractivity contribution in [3.63, 3.8) is 0 Å². The summed E-state index contributed by atoms with van der Waals surface area (Å²) in [7, 11) is 0. The van der Waals surface area contributed by atoms with Gasteiger partial charge in [0.1, 0.15) is 5.82 Å². The van der Waals surface area contributed by atoms with Gasteiger partial charge in [0.05, 0.1) is 11.9 Å². The molecule has 0 spiro atoms. The van der Waals surface area contributed by atoms with Gasteiger partial charge in [-0.05, 0) is 55.1 Å². The second-order valence-electron chi connectivity index (χ2n) is 7.28. The van der Waals surface area contributed by atoms with Crippen molar-refractivity contribution in [3.8, 4) is 11.3 Å².